The molecule has 2 heterocycles. The molecule has 7 nitrogen and oxygen atoms in total. The number of tetrazole rings is 1. The Hall–Kier alpha value is -3.32. The Morgan fingerprint density at radius 1 is 1.09 bits per heavy atom. The van der Waals surface area contributed by atoms with E-state index in [4.69, 9.17) is 0 Å². The van der Waals surface area contributed by atoms with Crippen LogP contribution < -0.4 is 5.56 Å². The highest BCUT2D eigenvalue weighted by atomic mass is 16.1. The number of hydrogen-bond acceptors (Lipinski definition) is 5. The summed E-state index contributed by atoms with van der Waals surface area (Å²) in [6.07, 6.45) is 6.62. The zero-order chi connectivity index (χ0) is 24.2. The Kier molecular flexibility index (Phi) is 7.04. The first-order valence-electron chi connectivity index (χ1n) is 12.8. The van der Waals surface area contributed by atoms with Crippen LogP contribution in [0.3, 0.4) is 0 Å². The van der Waals surface area contributed by atoms with E-state index in [1.54, 1.807) is 0 Å². The van der Waals surface area contributed by atoms with Gasteiger partial charge in [0.1, 0.15) is 0 Å². The van der Waals surface area contributed by atoms with Crippen molar-refractivity contribution < 1.29 is 0 Å². The summed E-state index contributed by atoms with van der Waals surface area (Å²) in [5.74, 6) is 0.919. The third kappa shape index (κ3) is 5.20. The number of hydrogen-bond donors (Lipinski definition) is 1. The van der Waals surface area contributed by atoms with Gasteiger partial charge >= 0.3 is 0 Å². The SMILES string of the molecule is CCCC(c1nnnn1C1CCCC1)N(Cc1ccccc1)Cc1cc2cc(C)ccc2[nH]c1=O. The van der Waals surface area contributed by atoms with Crippen molar-refractivity contribution in [1.29, 1.82) is 0 Å². The standard InChI is InChI=1S/C28H34N6O/c1-3-9-26(27-30-31-32-34(27)24-12-7-8-13-24)33(18-21-10-5-4-6-11-21)19-23-17-22-16-20(2)14-15-25(22)29-28(23)35/h4-6,10-11,14-17,24,26H,3,7-9,12-13,18-19H2,1-2H3,(H,29,35). The van der Waals surface area contributed by atoms with Crippen LogP contribution in [0.15, 0.2) is 59.4 Å². The molecule has 2 aromatic carbocycles. The van der Waals surface area contributed by atoms with E-state index in [0.29, 0.717) is 19.1 Å². The Morgan fingerprint density at radius 2 is 1.89 bits per heavy atom. The van der Waals surface area contributed by atoms with E-state index in [1.165, 1.54) is 24.0 Å². The summed E-state index contributed by atoms with van der Waals surface area (Å²) in [4.78, 5) is 18.6. The number of rotatable bonds is 9. The number of nitrogens with zero attached hydrogens (tertiary/aromatic N) is 5. The van der Waals surface area contributed by atoms with Crippen molar-refractivity contribution in [2.45, 2.75) is 77.5 Å². The fourth-order valence-electron chi connectivity index (χ4n) is 5.38. The van der Waals surface area contributed by atoms with Gasteiger partial charge in [-0.3, -0.25) is 9.69 Å². The normalized spacial score (nSPS) is 15.3. The lowest BCUT2D eigenvalue weighted by atomic mass is 10.0. The van der Waals surface area contributed by atoms with Gasteiger partial charge in [0.05, 0.1) is 12.1 Å². The lowest BCUT2D eigenvalue weighted by Gasteiger charge is -2.31. The van der Waals surface area contributed by atoms with Gasteiger partial charge in [0.2, 0.25) is 0 Å². The molecule has 0 saturated heterocycles. The van der Waals surface area contributed by atoms with Gasteiger partial charge in [-0.25, -0.2) is 4.68 Å². The molecule has 0 aliphatic heterocycles. The number of pyridine rings is 1. The van der Waals surface area contributed by atoms with Gasteiger partial charge in [-0.15, -0.1) is 5.10 Å². The third-order valence-electron chi connectivity index (χ3n) is 7.17. The predicted octanol–water partition coefficient (Wildman–Crippen LogP) is 5.48. The molecule has 1 N–H and O–H groups in total. The Labute approximate surface area is 206 Å². The summed E-state index contributed by atoms with van der Waals surface area (Å²) in [6.45, 7) is 5.51. The molecule has 0 radical (unpaired) electrons. The van der Waals surface area contributed by atoms with E-state index in [0.717, 1.165) is 48.0 Å². The maximum atomic E-state index is 13.1. The molecule has 1 atom stereocenters. The highest BCUT2D eigenvalue weighted by Gasteiger charge is 2.30. The number of nitrogens with one attached hydrogen (secondary N) is 1. The van der Waals surface area contributed by atoms with Gasteiger partial charge in [-0.2, -0.15) is 0 Å². The van der Waals surface area contributed by atoms with E-state index < -0.39 is 0 Å². The second kappa shape index (κ2) is 10.5. The van der Waals surface area contributed by atoms with Crippen molar-refractivity contribution in [3.05, 3.63) is 87.5 Å². The van der Waals surface area contributed by atoms with Crippen molar-refractivity contribution in [3.8, 4) is 0 Å². The van der Waals surface area contributed by atoms with Gasteiger partial charge < -0.3 is 4.98 Å². The third-order valence-corrected chi connectivity index (χ3v) is 7.17. The molecule has 1 aliphatic rings. The summed E-state index contributed by atoms with van der Waals surface area (Å²) in [6, 6.07) is 19.0. The van der Waals surface area contributed by atoms with Crippen molar-refractivity contribution in [2.24, 2.45) is 0 Å². The van der Waals surface area contributed by atoms with E-state index in [9.17, 15) is 4.79 Å². The zero-order valence-corrected chi connectivity index (χ0v) is 20.7. The van der Waals surface area contributed by atoms with Gasteiger partial charge in [0.15, 0.2) is 5.82 Å². The summed E-state index contributed by atoms with van der Waals surface area (Å²) in [7, 11) is 0. The largest absolute Gasteiger partial charge is 0.322 e. The lowest BCUT2D eigenvalue weighted by Crippen LogP contribution is -2.33. The molecule has 1 aliphatic carbocycles. The molecule has 7 heteroatoms. The van der Waals surface area contributed by atoms with Crippen LogP contribution in [0.2, 0.25) is 0 Å². The maximum Gasteiger partial charge on any atom is 0.252 e. The van der Waals surface area contributed by atoms with Crippen LogP contribution in [-0.4, -0.2) is 30.1 Å². The van der Waals surface area contributed by atoms with Crippen molar-refractivity contribution in [2.75, 3.05) is 0 Å². The minimum absolute atomic E-state index is 0.0170. The molecule has 1 unspecified atom stereocenters. The second-order valence-corrected chi connectivity index (χ2v) is 9.83. The van der Waals surface area contributed by atoms with Gasteiger partial charge in [0, 0.05) is 24.2 Å². The predicted molar refractivity (Wildman–Crippen MR) is 138 cm³/mol. The number of benzene rings is 2. The average Bonchev–Trinajstić information content (AvgIpc) is 3.56. The summed E-state index contributed by atoms with van der Waals surface area (Å²) in [5.41, 5.74) is 3.98. The first-order valence-corrected chi connectivity index (χ1v) is 12.8. The number of aryl methyl sites for hydroxylation is 1. The molecular formula is C28H34N6O. The molecule has 182 valence electrons. The number of aromatic amines is 1. The van der Waals surface area contributed by atoms with Crippen LogP contribution in [0.1, 0.15) is 80.0 Å². The van der Waals surface area contributed by atoms with Crippen LogP contribution in [0.5, 0.6) is 0 Å². The zero-order valence-electron chi connectivity index (χ0n) is 20.7. The van der Waals surface area contributed by atoms with Crippen LogP contribution in [0.4, 0.5) is 0 Å². The number of H-pyrrole nitrogens is 1. The molecule has 0 bridgehead atoms. The lowest BCUT2D eigenvalue weighted by molar-refractivity contribution is 0.153. The Balaban J connectivity index is 1.55. The molecule has 5 rings (SSSR count). The molecular weight excluding hydrogens is 436 g/mol. The molecule has 4 aromatic rings. The van der Waals surface area contributed by atoms with Crippen molar-refractivity contribution in [1.82, 2.24) is 30.1 Å². The quantitative estimate of drug-likeness (QED) is 0.350. The van der Waals surface area contributed by atoms with Gasteiger partial charge in [0.25, 0.3) is 5.56 Å². The number of fused-ring (bicyclic) bond motifs is 1. The van der Waals surface area contributed by atoms with E-state index in [1.807, 2.05) is 24.3 Å². The first-order chi connectivity index (χ1) is 17.1. The average molecular weight is 471 g/mol. The van der Waals surface area contributed by atoms with Crippen LogP contribution in [0, 0.1) is 6.92 Å². The number of aromatic nitrogens is 5. The molecule has 2 aromatic heterocycles. The van der Waals surface area contributed by atoms with Gasteiger partial charge in [-0.1, -0.05) is 68.1 Å². The maximum absolute atomic E-state index is 13.1. The van der Waals surface area contributed by atoms with Crippen molar-refractivity contribution >= 4 is 10.9 Å². The molecule has 1 fully saturated rings. The monoisotopic (exact) mass is 470 g/mol. The molecule has 0 spiro atoms. The topological polar surface area (TPSA) is 79.7 Å². The van der Waals surface area contributed by atoms with Crippen LogP contribution >= 0.6 is 0 Å². The van der Waals surface area contributed by atoms with E-state index >= 15 is 0 Å². The summed E-state index contributed by atoms with van der Waals surface area (Å²) < 4.78 is 2.07. The minimum atomic E-state index is -0.0370. The Bertz CT molecular complexity index is 1320. The van der Waals surface area contributed by atoms with Crippen molar-refractivity contribution in [3.63, 3.8) is 0 Å². The Morgan fingerprint density at radius 3 is 2.66 bits per heavy atom. The summed E-state index contributed by atoms with van der Waals surface area (Å²) >= 11 is 0. The molecule has 0 amide bonds. The first kappa shape index (κ1) is 23.4. The second-order valence-electron chi connectivity index (χ2n) is 9.83. The minimum Gasteiger partial charge on any atom is -0.322 e. The highest BCUT2D eigenvalue weighted by Crippen LogP contribution is 2.34. The van der Waals surface area contributed by atoms with Crippen LogP contribution in [-0.2, 0) is 13.1 Å². The van der Waals surface area contributed by atoms with Crippen LogP contribution in [0.25, 0.3) is 10.9 Å². The molecule has 35 heavy (non-hydrogen) atoms. The fraction of sp³-hybridized carbons (Fsp3) is 0.429. The van der Waals surface area contributed by atoms with Gasteiger partial charge in [-0.05, 0) is 65.8 Å². The molecule has 1 saturated carbocycles. The van der Waals surface area contributed by atoms with E-state index in [-0.39, 0.29) is 11.6 Å². The smallest absolute Gasteiger partial charge is 0.252 e. The summed E-state index contributed by atoms with van der Waals surface area (Å²) in [5, 5.41) is 14.1. The fourth-order valence-corrected chi connectivity index (χ4v) is 5.38. The van der Waals surface area contributed by atoms with E-state index in [2.05, 4.69) is 74.3 Å². The highest BCUT2D eigenvalue weighted by molar-refractivity contribution is 5.79.